The standard InChI is InChI=1S/C24H27N3O5S3/c1-31-12-11-27-16-8-4-6-10-18(16)35-24(27)26-20(29)14-33-13-19(28)25-22-21(23(30)32-2)15-7-3-5-9-17(15)34-22/h4,6,8,10H,3,5,7,9,11-14H2,1-2H3,(H,25,28). The molecule has 0 radical (unpaired) electrons. The largest absolute Gasteiger partial charge is 0.465 e. The summed E-state index contributed by atoms with van der Waals surface area (Å²) in [5.41, 5.74) is 2.48. The van der Waals surface area contributed by atoms with Crippen LogP contribution >= 0.6 is 34.4 Å². The van der Waals surface area contributed by atoms with Crippen LogP contribution in [0.25, 0.3) is 10.2 Å². The van der Waals surface area contributed by atoms with E-state index >= 15 is 0 Å². The number of esters is 1. The molecule has 0 fully saturated rings. The van der Waals surface area contributed by atoms with Crippen LogP contribution in [-0.2, 0) is 38.4 Å². The Morgan fingerprint density at radius 3 is 2.71 bits per heavy atom. The van der Waals surface area contributed by atoms with Crippen molar-refractivity contribution in [1.82, 2.24) is 4.57 Å². The van der Waals surface area contributed by atoms with Crippen LogP contribution in [0.4, 0.5) is 5.00 Å². The van der Waals surface area contributed by atoms with Crippen molar-refractivity contribution in [3.8, 4) is 0 Å². The summed E-state index contributed by atoms with van der Waals surface area (Å²) in [5.74, 6) is -0.825. The number of fused-ring (bicyclic) bond motifs is 2. The fourth-order valence-corrected chi connectivity index (χ4v) is 6.98. The number of amides is 2. The van der Waals surface area contributed by atoms with Gasteiger partial charge in [0.25, 0.3) is 5.91 Å². The molecule has 11 heteroatoms. The van der Waals surface area contributed by atoms with E-state index in [1.165, 1.54) is 41.5 Å². The van der Waals surface area contributed by atoms with E-state index in [2.05, 4.69) is 10.3 Å². The number of aryl methyl sites for hydroxylation is 1. The molecule has 0 saturated heterocycles. The zero-order chi connectivity index (χ0) is 24.8. The highest BCUT2D eigenvalue weighted by atomic mass is 32.2. The Morgan fingerprint density at radius 1 is 1.11 bits per heavy atom. The van der Waals surface area contributed by atoms with Gasteiger partial charge in [-0.1, -0.05) is 23.5 Å². The van der Waals surface area contributed by atoms with Crippen molar-refractivity contribution in [3.63, 3.8) is 0 Å². The van der Waals surface area contributed by atoms with Crippen molar-refractivity contribution < 1.29 is 23.9 Å². The number of carbonyl (C=O) groups excluding carboxylic acids is 3. The molecule has 4 rings (SSSR count). The summed E-state index contributed by atoms with van der Waals surface area (Å²) in [7, 11) is 2.99. The molecular formula is C24H27N3O5S3. The predicted octanol–water partition coefficient (Wildman–Crippen LogP) is 3.88. The van der Waals surface area contributed by atoms with Crippen molar-refractivity contribution in [2.45, 2.75) is 32.2 Å². The van der Waals surface area contributed by atoms with Gasteiger partial charge in [0.15, 0.2) is 4.80 Å². The van der Waals surface area contributed by atoms with Gasteiger partial charge in [0.05, 0.1) is 41.0 Å². The fraction of sp³-hybridized carbons (Fsp3) is 0.417. The maximum absolute atomic E-state index is 12.6. The summed E-state index contributed by atoms with van der Waals surface area (Å²) in [4.78, 5) is 43.5. The van der Waals surface area contributed by atoms with Gasteiger partial charge in [0.1, 0.15) is 5.00 Å². The number of anilines is 1. The quantitative estimate of drug-likeness (QED) is 0.419. The second-order valence-corrected chi connectivity index (χ2v) is 11.0. The lowest BCUT2D eigenvalue weighted by atomic mass is 9.95. The Morgan fingerprint density at radius 2 is 1.91 bits per heavy atom. The van der Waals surface area contributed by atoms with Gasteiger partial charge >= 0.3 is 5.97 Å². The van der Waals surface area contributed by atoms with Crippen LogP contribution in [0.3, 0.4) is 0 Å². The topological polar surface area (TPSA) is 99.0 Å². The number of methoxy groups -OCH3 is 2. The number of nitrogens with zero attached hydrogens (tertiary/aromatic N) is 2. The van der Waals surface area contributed by atoms with Gasteiger partial charge in [-0.2, -0.15) is 4.99 Å². The number of para-hydroxylation sites is 1. The molecular weight excluding hydrogens is 506 g/mol. The summed E-state index contributed by atoms with van der Waals surface area (Å²) in [6.07, 6.45) is 3.83. The normalized spacial score (nSPS) is 13.6. The number of hydrogen-bond acceptors (Lipinski definition) is 8. The molecule has 0 unspecified atom stereocenters. The van der Waals surface area contributed by atoms with E-state index in [4.69, 9.17) is 9.47 Å². The van der Waals surface area contributed by atoms with E-state index in [-0.39, 0.29) is 23.3 Å². The van der Waals surface area contributed by atoms with Crippen LogP contribution in [0, 0.1) is 0 Å². The first-order valence-corrected chi connectivity index (χ1v) is 14.1. The summed E-state index contributed by atoms with van der Waals surface area (Å²) in [6.45, 7) is 1.10. The number of ether oxygens (including phenoxy) is 2. The van der Waals surface area contributed by atoms with E-state index in [1.807, 2.05) is 28.8 Å². The van der Waals surface area contributed by atoms with E-state index < -0.39 is 5.97 Å². The monoisotopic (exact) mass is 533 g/mol. The van der Waals surface area contributed by atoms with Crippen molar-refractivity contribution in [3.05, 3.63) is 45.1 Å². The van der Waals surface area contributed by atoms with Crippen LogP contribution in [0.15, 0.2) is 29.3 Å². The fourth-order valence-electron chi connectivity index (χ4n) is 4.01. The minimum absolute atomic E-state index is 0.0801. The number of thioether (sulfide) groups is 1. The first kappa shape index (κ1) is 25.6. The van der Waals surface area contributed by atoms with Gasteiger partial charge in [-0.3, -0.25) is 9.59 Å². The minimum Gasteiger partial charge on any atom is -0.465 e. The zero-order valence-corrected chi connectivity index (χ0v) is 22.1. The Kier molecular flexibility index (Phi) is 8.77. The number of carbonyl (C=O) groups is 3. The van der Waals surface area contributed by atoms with E-state index in [0.29, 0.717) is 28.5 Å². The third-order valence-corrected chi connectivity index (χ3v) is 8.78. The third kappa shape index (κ3) is 6.03. The Hall–Kier alpha value is -2.47. The van der Waals surface area contributed by atoms with Crippen LogP contribution in [-0.4, -0.2) is 54.7 Å². The first-order chi connectivity index (χ1) is 17.0. The zero-order valence-electron chi connectivity index (χ0n) is 19.6. The average molecular weight is 534 g/mol. The van der Waals surface area contributed by atoms with Crippen molar-refractivity contribution in [1.29, 1.82) is 0 Å². The molecule has 0 atom stereocenters. The number of nitrogens with one attached hydrogen (secondary N) is 1. The number of rotatable bonds is 9. The summed E-state index contributed by atoms with van der Waals surface area (Å²) >= 11 is 4.10. The van der Waals surface area contributed by atoms with Crippen molar-refractivity contribution in [2.24, 2.45) is 4.99 Å². The van der Waals surface area contributed by atoms with Gasteiger partial charge in [-0.05, 0) is 43.4 Å². The third-order valence-electron chi connectivity index (χ3n) is 5.60. The molecule has 1 aliphatic rings. The molecule has 0 bridgehead atoms. The summed E-state index contributed by atoms with van der Waals surface area (Å²) in [6, 6.07) is 7.90. The number of thiazole rings is 1. The summed E-state index contributed by atoms with van der Waals surface area (Å²) in [5, 5.41) is 3.39. The molecule has 2 heterocycles. The maximum atomic E-state index is 12.6. The predicted molar refractivity (Wildman–Crippen MR) is 141 cm³/mol. The molecule has 1 N–H and O–H groups in total. The molecule has 0 aliphatic heterocycles. The van der Waals surface area contributed by atoms with E-state index in [0.717, 1.165) is 46.3 Å². The molecule has 0 saturated carbocycles. The highest BCUT2D eigenvalue weighted by Gasteiger charge is 2.26. The lowest BCUT2D eigenvalue weighted by molar-refractivity contribution is -0.115. The van der Waals surface area contributed by atoms with Crippen LogP contribution < -0.4 is 10.1 Å². The molecule has 1 aromatic carbocycles. The van der Waals surface area contributed by atoms with Gasteiger partial charge < -0.3 is 19.4 Å². The second kappa shape index (κ2) is 12.0. The molecule has 1 aliphatic carbocycles. The van der Waals surface area contributed by atoms with Gasteiger partial charge in [0.2, 0.25) is 5.91 Å². The number of hydrogen-bond donors (Lipinski definition) is 1. The Labute approximate surface area is 215 Å². The minimum atomic E-state index is -0.425. The average Bonchev–Trinajstić information content (AvgIpc) is 3.39. The lowest BCUT2D eigenvalue weighted by Crippen LogP contribution is -2.20. The van der Waals surface area contributed by atoms with Crippen molar-refractivity contribution >= 4 is 67.4 Å². The first-order valence-electron chi connectivity index (χ1n) is 11.3. The summed E-state index contributed by atoms with van der Waals surface area (Å²) < 4.78 is 13.2. The van der Waals surface area contributed by atoms with Gasteiger partial charge in [-0.15, -0.1) is 23.1 Å². The van der Waals surface area contributed by atoms with E-state index in [9.17, 15) is 14.4 Å². The SMILES string of the molecule is COCCn1c(=NC(=O)CSCC(=O)Nc2sc3c(c2C(=O)OC)CCCC3)sc2ccccc21. The van der Waals surface area contributed by atoms with E-state index in [1.54, 1.807) is 7.11 Å². The molecule has 2 amide bonds. The Balaban J connectivity index is 1.39. The highest BCUT2D eigenvalue weighted by Crippen LogP contribution is 2.38. The second-order valence-electron chi connectivity index (χ2n) is 7.95. The maximum Gasteiger partial charge on any atom is 0.341 e. The number of benzene rings is 1. The molecule has 8 nitrogen and oxygen atoms in total. The van der Waals surface area contributed by atoms with Crippen LogP contribution in [0.2, 0.25) is 0 Å². The smallest absolute Gasteiger partial charge is 0.341 e. The molecule has 35 heavy (non-hydrogen) atoms. The molecule has 186 valence electrons. The molecule has 0 spiro atoms. The van der Waals surface area contributed by atoms with Crippen LogP contribution in [0.1, 0.15) is 33.6 Å². The number of aromatic nitrogens is 1. The Bertz CT molecular complexity index is 1310. The number of thiophene rings is 1. The van der Waals surface area contributed by atoms with Crippen molar-refractivity contribution in [2.75, 3.05) is 37.6 Å². The molecule has 2 aromatic heterocycles. The molecule has 3 aromatic rings. The van der Waals surface area contributed by atoms with Gasteiger partial charge in [0, 0.05) is 18.5 Å². The lowest BCUT2D eigenvalue weighted by Gasteiger charge is -2.11. The van der Waals surface area contributed by atoms with Gasteiger partial charge in [-0.25, -0.2) is 4.79 Å². The van der Waals surface area contributed by atoms with Crippen LogP contribution in [0.5, 0.6) is 0 Å². The highest BCUT2D eigenvalue weighted by molar-refractivity contribution is 8.00.